The molecule has 0 aromatic carbocycles. The van der Waals surface area contributed by atoms with Crippen LogP contribution >= 0.6 is 0 Å². The molecule has 6 heavy (non-hydrogen) atoms. The van der Waals surface area contributed by atoms with Crippen molar-refractivity contribution in [1.29, 1.82) is 0 Å². The van der Waals surface area contributed by atoms with Crippen molar-refractivity contribution in [1.82, 2.24) is 0 Å². The molecule has 0 saturated heterocycles. The van der Waals surface area contributed by atoms with Crippen molar-refractivity contribution in [2.24, 2.45) is 5.28 Å². The maximum Gasteiger partial charge on any atom is 0.170 e. The molecule has 0 radical (unpaired) electrons. The highest BCUT2D eigenvalue weighted by molar-refractivity contribution is 4.10. The van der Waals surface area contributed by atoms with E-state index in [0.717, 1.165) is 7.05 Å². The molecule has 0 aromatic heterocycles. The van der Waals surface area contributed by atoms with Gasteiger partial charge in [-0.2, -0.15) is 0 Å². The lowest BCUT2D eigenvalue weighted by molar-refractivity contribution is -0.494. The quantitative estimate of drug-likeness (QED) is 0.250. The van der Waals surface area contributed by atoms with Gasteiger partial charge in [0.25, 0.3) is 0 Å². The predicted molar refractivity (Wildman–Crippen MR) is 22.1 cm³/mol. The van der Waals surface area contributed by atoms with Crippen LogP contribution in [-0.4, -0.2) is 11.9 Å². The Morgan fingerprint density at radius 3 is 1.83 bits per heavy atom. The van der Waals surface area contributed by atoms with Crippen LogP contribution in [0.5, 0.6) is 0 Å². The fraction of sp³-hybridized carbons (Fsp3) is 1.00. The molecule has 38 valence electrons. The van der Waals surface area contributed by atoms with Crippen molar-refractivity contribution in [2.45, 2.75) is 7.43 Å². The highest BCUT2D eigenvalue weighted by Gasteiger charge is 1.54. The highest BCUT2D eigenvalue weighted by Crippen LogP contribution is 1.57. The molecule has 4 heteroatoms. The lowest BCUT2D eigenvalue weighted by Crippen LogP contribution is -1.83. The average Bonchev–Trinajstić information content (AvgIpc) is 1.38. The van der Waals surface area contributed by atoms with E-state index >= 15 is 0 Å². The first-order chi connectivity index (χ1) is 2.27. The Balaban J connectivity index is 0. The Morgan fingerprint density at radius 2 is 1.83 bits per heavy atom. The summed E-state index contributed by atoms with van der Waals surface area (Å²) in [7, 11) is 1.02. The molecular formula is C2H7N2O2-. The zero-order valence-electron chi connectivity index (χ0n) is 2.71. The summed E-state index contributed by atoms with van der Waals surface area (Å²) >= 11 is 0. The third-order valence-corrected chi connectivity index (χ3v) is 0.115. The van der Waals surface area contributed by atoms with Crippen LogP contribution in [0.15, 0.2) is 5.28 Å². The zero-order valence-corrected chi connectivity index (χ0v) is 2.71. The molecule has 0 aliphatic rings. The number of hydroxylamine groups is 1. The second-order valence-electron chi connectivity index (χ2n) is 0.546. The van der Waals surface area contributed by atoms with E-state index in [4.69, 9.17) is 5.21 Å². The van der Waals surface area contributed by atoms with Crippen LogP contribution in [-0.2, 0) is 0 Å². The predicted octanol–water partition coefficient (Wildman–Crippen LogP) is 0.713. The van der Waals surface area contributed by atoms with Crippen molar-refractivity contribution < 1.29 is 4.86 Å². The first-order valence-electron chi connectivity index (χ1n) is 1.01. The zero-order chi connectivity index (χ0) is 4.28. The van der Waals surface area contributed by atoms with Crippen LogP contribution < -0.4 is 0 Å². The van der Waals surface area contributed by atoms with Gasteiger partial charge in [0.2, 0.25) is 0 Å². The van der Waals surface area contributed by atoms with Crippen molar-refractivity contribution in [3.63, 3.8) is 0 Å². The van der Waals surface area contributed by atoms with Crippen molar-refractivity contribution >= 4 is 0 Å². The minimum Gasteiger partial charge on any atom is -0.739 e. The van der Waals surface area contributed by atoms with E-state index in [0.29, 0.717) is 0 Å². The average molecular weight is 91.1 g/mol. The van der Waals surface area contributed by atoms with E-state index in [2.05, 4.69) is 0 Å². The van der Waals surface area contributed by atoms with Gasteiger partial charge in [-0.1, -0.05) is 7.43 Å². The standard InChI is InChI=1S/CH4N2O2.CH4/c1-3(5)2-4;/h4H,1H3;1H4/p-1/b3-2-;. The van der Waals surface area contributed by atoms with E-state index in [9.17, 15) is 5.21 Å². The van der Waals surface area contributed by atoms with E-state index in [1.807, 2.05) is 5.28 Å². The summed E-state index contributed by atoms with van der Waals surface area (Å²) in [4.78, 5) is -0.0556. The van der Waals surface area contributed by atoms with Gasteiger partial charge < -0.3 is 10.4 Å². The summed E-state index contributed by atoms with van der Waals surface area (Å²) in [6.45, 7) is 0. The number of hydrogen-bond acceptors (Lipinski definition) is 3. The van der Waals surface area contributed by atoms with Gasteiger partial charge in [-0.05, 0) is 5.28 Å². The van der Waals surface area contributed by atoms with Gasteiger partial charge in [0, 0.05) is 0 Å². The molecule has 0 aliphatic carbocycles. The van der Waals surface area contributed by atoms with Gasteiger partial charge in [-0.25, -0.2) is 0 Å². The van der Waals surface area contributed by atoms with Crippen LogP contribution in [0.1, 0.15) is 7.43 Å². The molecule has 0 bridgehead atoms. The largest absolute Gasteiger partial charge is 0.739 e. The van der Waals surface area contributed by atoms with E-state index in [-0.39, 0.29) is 12.3 Å². The maximum absolute atomic E-state index is 9.25. The van der Waals surface area contributed by atoms with Crippen LogP contribution in [0.2, 0.25) is 0 Å². The number of rotatable bonds is 0. The smallest absolute Gasteiger partial charge is 0.170 e. The van der Waals surface area contributed by atoms with Crippen molar-refractivity contribution in [3.8, 4) is 0 Å². The summed E-state index contributed by atoms with van der Waals surface area (Å²) < 4.78 is 0. The first kappa shape index (κ1) is 8.96. The lowest BCUT2D eigenvalue weighted by atomic mass is 11.5. The minimum absolute atomic E-state index is 0. The topological polar surface area (TPSA) is 61.5 Å². The minimum atomic E-state index is -0.0556. The second kappa shape index (κ2) is 4.20. The molecule has 0 aliphatic heterocycles. The van der Waals surface area contributed by atoms with Gasteiger partial charge in [-0.3, -0.25) is 0 Å². The number of nitrogens with zero attached hydrogens (tertiary/aromatic N) is 2. The third kappa shape index (κ3) is 10.8. The Morgan fingerprint density at radius 1 is 1.67 bits per heavy atom. The van der Waals surface area contributed by atoms with Crippen LogP contribution in [0.4, 0.5) is 0 Å². The van der Waals surface area contributed by atoms with E-state index in [1.165, 1.54) is 0 Å². The van der Waals surface area contributed by atoms with Crippen LogP contribution in [0.25, 0.3) is 0 Å². The molecule has 0 rings (SSSR count). The number of hydrogen-bond donors (Lipinski definition) is 0. The molecule has 0 fully saturated rings. The van der Waals surface area contributed by atoms with Crippen molar-refractivity contribution in [3.05, 3.63) is 10.4 Å². The lowest BCUT2D eigenvalue weighted by Gasteiger charge is -1.88. The summed E-state index contributed by atoms with van der Waals surface area (Å²) in [5.41, 5.74) is 0. The molecule has 0 spiro atoms. The van der Waals surface area contributed by atoms with Crippen molar-refractivity contribution in [2.75, 3.05) is 7.05 Å². The summed E-state index contributed by atoms with van der Waals surface area (Å²) in [5.74, 6) is 0. The fourth-order valence-electron chi connectivity index (χ4n) is 0. The van der Waals surface area contributed by atoms with Gasteiger partial charge in [0.05, 0.1) is 0 Å². The molecule has 0 saturated carbocycles. The maximum atomic E-state index is 9.25. The SMILES string of the molecule is C.C/[N+]([O-])=N/[O-]. The Labute approximate surface area is 36.3 Å². The van der Waals surface area contributed by atoms with Crippen LogP contribution in [0.3, 0.4) is 0 Å². The fourth-order valence-corrected chi connectivity index (χ4v) is 0. The molecular weight excluding hydrogens is 84.0 g/mol. The van der Waals surface area contributed by atoms with Crippen LogP contribution in [0, 0.1) is 10.4 Å². The first-order valence-corrected chi connectivity index (χ1v) is 1.01. The second-order valence-corrected chi connectivity index (χ2v) is 0.546. The Bertz CT molecular complexity index is 47.5. The molecule has 0 amide bonds. The monoisotopic (exact) mass is 91.1 g/mol. The molecule has 0 atom stereocenters. The van der Waals surface area contributed by atoms with Gasteiger partial charge in [0.1, 0.15) is 0 Å². The van der Waals surface area contributed by atoms with Gasteiger partial charge >= 0.3 is 0 Å². The normalized spacial score (nSPS) is 9.83. The summed E-state index contributed by atoms with van der Waals surface area (Å²) in [6, 6.07) is 0. The summed E-state index contributed by atoms with van der Waals surface area (Å²) in [6.07, 6.45) is 0. The molecule has 0 N–H and O–H groups in total. The van der Waals surface area contributed by atoms with Gasteiger partial charge in [0.15, 0.2) is 7.05 Å². The highest BCUT2D eigenvalue weighted by atomic mass is 16.6. The molecule has 0 heterocycles. The van der Waals surface area contributed by atoms with Gasteiger partial charge in [-0.15, -0.1) is 4.86 Å². The molecule has 0 aromatic rings. The van der Waals surface area contributed by atoms with E-state index in [1.54, 1.807) is 0 Å². The molecule has 4 nitrogen and oxygen atoms in total. The van der Waals surface area contributed by atoms with E-state index < -0.39 is 0 Å². The molecule has 0 unspecified atom stereocenters. The third-order valence-electron chi connectivity index (χ3n) is 0.115. The Hall–Kier alpha value is -0.800. The Kier molecular flexibility index (Phi) is 6.27. The summed E-state index contributed by atoms with van der Waals surface area (Å²) in [5, 5.41) is 20.0.